The van der Waals surface area contributed by atoms with Crippen LogP contribution in [0.1, 0.15) is 53.4 Å². The van der Waals surface area contributed by atoms with Crippen molar-refractivity contribution >= 4 is 29.3 Å². The van der Waals surface area contributed by atoms with E-state index in [0.717, 1.165) is 5.69 Å². The Morgan fingerprint density at radius 1 is 1.20 bits per heavy atom. The first-order chi connectivity index (χ1) is 14.3. The highest BCUT2D eigenvalue weighted by atomic mass is 19.1. The van der Waals surface area contributed by atoms with E-state index in [9.17, 15) is 23.6 Å². The number of amides is 2. The number of carboxylic acid groups (broad SMARTS) is 1. The van der Waals surface area contributed by atoms with Crippen LogP contribution in [-0.4, -0.2) is 47.9 Å². The number of hydrogen-bond acceptors (Lipinski definition) is 4. The number of alkyl halides is 1. The molecule has 168 valence electrons. The number of carbonyl (C=O) groups excluding carboxylic acids is 3. The molecule has 1 heterocycles. The van der Waals surface area contributed by atoms with Crippen LogP contribution in [0.15, 0.2) is 30.3 Å². The maximum atomic E-state index is 12.5. The SMILES string of the molecule is CC.CCC.O=C(O)CC(NC(=O)CC1CCN(c2ccccc2)C1=O)C(=O)CF. The van der Waals surface area contributed by atoms with Gasteiger partial charge in [-0.05, 0) is 18.6 Å². The van der Waals surface area contributed by atoms with Gasteiger partial charge in [0.05, 0.1) is 6.42 Å². The average Bonchev–Trinajstić information content (AvgIpc) is 3.09. The van der Waals surface area contributed by atoms with Gasteiger partial charge in [0.1, 0.15) is 12.7 Å². The number of Topliss-reactive ketones (excluding diaryl/α,β-unsaturated/α-hetero) is 1. The highest BCUT2D eigenvalue weighted by Gasteiger charge is 2.34. The number of hydrogen-bond donors (Lipinski definition) is 2. The smallest absolute Gasteiger partial charge is 0.305 e. The van der Waals surface area contributed by atoms with Gasteiger partial charge in [0.25, 0.3) is 0 Å². The lowest BCUT2D eigenvalue weighted by Gasteiger charge is -2.18. The molecule has 1 aromatic rings. The Balaban J connectivity index is 0.00000154. The van der Waals surface area contributed by atoms with Crippen LogP contribution in [0.2, 0.25) is 0 Å². The summed E-state index contributed by atoms with van der Waals surface area (Å²) in [6, 6.07) is 7.62. The van der Waals surface area contributed by atoms with Gasteiger partial charge in [0, 0.05) is 24.6 Å². The summed E-state index contributed by atoms with van der Waals surface area (Å²) in [4.78, 5) is 48.2. The number of rotatable bonds is 8. The summed E-state index contributed by atoms with van der Waals surface area (Å²) >= 11 is 0. The largest absolute Gasteiger partial charge is 0.481 e. The number of carboxylic acids is 1. The van der Waals surface area contributed by atoms with Gasteiger partial charge in [-0.25, -0.2) is 4.39 Å². The van der Waals surface area contributed by atoms with Crippen molar-refractivity contribution in [2.75, 3.05) is 18.1 Å². The first-order valence-corrected chi connectivity index (χ1v) is 10.3. The molecule has 0 aromatic heterocycles. The molecular formula is C22H33FN2O5. The lowest BCUT2D eigenvalue weighted by Crippen LogP contribution is -2.44. The summed E-state index contributed by atoms with van der Waals surface area (Å²) in [6.07, 6.45) is 0.864. The maximum Gasteiger partial charge on any atom is 0.305 e. The van der Waals surface area contributed by atoms with Gasteiger partial charge in [0.15, 0.2) is 5.78 Å². The summed E-state index contributed by atoms with van der Waals surface area (Å²) in [6.45, 7) is 7.37. The molecule has 2 N–H and O–H groups in total. The van der Waals surface area contributed by atoms with Crippen molar-refractivity contribution in [3.63, 3.8) is 0 Å². The molecule has 7 nitrogen and oxygen atoms in total. The normalized spacial score (nSPS) is 15.8. The van der Waals surface area contributed by atoms with Crippen molar-refractivity contribution in [3.8, 4) is 0 Å². The van der Waals surface area contributed by atoms with Gasteiger partial charge >= 0.3 is 5.97 Å². The Morgan fingerprint density at radius 3 is 2.27 bits per heavy atom. The zero-order chi connectivity index (χ0) is 23.1. The topological polar surface area (TPSA) is 104 Å². The number of nitrogens with zero attached hydrogens (tertiary/aromatic N) is 1. The quantitative estimate of drug-likeness (QED) is 0.666. The summed E-state index contributed by atoms with van der Waals surface area (Å²) in [7, 11) is 0. The molecular weight excluding hydrogens is 391 g/mol. The molecule has 0 spiro atoms. The summed E-state index contributed by atoms with van der Waals surface area (Å²) in [5, 5.41) is 11.0. The molecule has 0 aliphatic carbocycles. The van der Waals surface area contributed by atoms with Crippen LogP contribution in [0.5, 0.6) is 0 Å². The van der Waals surface area contributed by atoms with Crippen LogP contribution in [0, 0.1) is 5.92 Å². The minimum atomic E-state index is -1.42. The maximum absolute atomic E-state index is 12.5. The molecule has 1 aromatic carbocycles. The number of nitrogens with one attached hydrogen (secondary N) is 1. The fourth-order valence-electron chi connectivity index (χ4n) is 2.78. The molecule has 0 saturated carbocycles. The number of aliphatic carboxylic acids is 1. The summed E-state index contributed by atoms with van der Waals surface area (Å²) in [5.74, 6) is -3.71. The van der Waals surface area contributed by atoms with Crippen LogP contribution in [0.4, 0.5) is 10.1 Å². The number of benzene rings is 1. The highest BCUT2D eigenvalue weighted by Crippen LogP contribution is 2.26. The zero-order valence-corrected chi connectivity index (χ0v) is 18.2. The first kappa shape index (κ1) is 27.2. The van der Waals surface area contributed by atoms with E-state index in [1.807, 2.05) is 32.0 Å². The Hall–Kier alpha value is -2.77. The molecule has 1 aliphatic heterocycles. The second-order valence-electron chi connectivity index (χ2n) is 6.54. The van der Waals surface area contributed by atoms with E-state index in [0.29, 0.717) is 13.0 Å². The Morgan fingerprint density at radius 2 is 1.77 bits per heavy atom. The number of anilines is 1. The van der Waals surface area contributed by atoms with E-state index < -0.39 is 42.7 Å². The third kappa shape index (κ3) is 9.15. The molecule has 2 atom stereocenters. The van der Waals surface area contributed by atoms with Crippen LogP contribution in [0.25, 0.3) is 0 Å². The molecule has 2 rings (SSSR count). The van der Waals surface area contributed by atoms with E-state index in [2.05, 4.69) is 19.2 Å². The van der Waals surface area contributed by atoms with E-state index in [4.69, 9.17) is 5.11 Å². The van der Waals surface area contributed by atoms with Crippen LogP contribution in [0.3, 0.4) is 0 Å². The Kier molecular flexibility index (Phi) is 13.7. The minimum absolute atomic E-state index is 0.169. The van der Waals surface area contributed by atoms with Crippen LogP contribution < -0.4 is 10.2 Å². The van der Waals surface area contributed by atoms with Gasteiger partial charge < -0.3 is 15.3 Å². The van der Waals surface area contributed by atoms with E-state index in [-0.39, 0.29) is 12.3 Å². The van der Waals surface area contributed by atoms with Crippen LogP contribution >= 0.6 is 0 Å². The van der Waals surface area contributed by atoms with Gasteiger partial charge in [0.2, 0.25) is 11.8 Å². The first-order valence-electron chi connectivity index (χ1n) is 10.3. The number of carbonyl (C=O) groups is 4. The molecule has 0 bridgehead atoms. The molecule has 30 heavy (non-hydrogen) atoms. The van der Waals surface area contributed by atoms with E-state index >= 15 is 0 Å². The number of ketones is 1. The van der Waals surface area contributed by atoms with Crippen molar-refractivity contribution in [1.82, 2.24) is 5.32 Å². The Bertz CT molecular complexity index is 681. The predicted molar refractivity (Wildman–Crippen MR) is 114 cm³/mol. The Labute approximate surface area is 177 Å². The van der Waals surface area contributed by atoms with E-state index in [1.165, 1.54) is 6.42 Å². The number of para-hydroxylation sites is 1. The van der Waals surface area contributed by atoms with Gasteiger partial charge in [-0.2, -0.15) is 0 Å². The molecule has 1 saturated heterocycles. The van der Waals surface area contributed by atoms with Gasteiger partial charge in [-0.1, -0.05) is 52.3 Å². The second kappa shape index (κ2) is 15.1. The minimum Gasteiger partial charge on any atom is -0.481 e. The van der Waals surface area contributed by atoms with Gasteiger partial charge in [-0.3, -0.25) is 19.2 Å². The second-order valence-corrected chi connectivity index (χ2v) is 6.54. The summed E-state index contributed by atoms with van der Waals surface area (Å²) in [5.41, 5.74) is 0.742. The fourth-order valence-corrected chi connectivity index (χ4v) is 2.78. The van der Waals surface area contributed by atoms with Gasteiger partial charge in [-0.15, -0.1) is 0 Å². The lowest BCUT2D eigenvalue weighted by atomic mass is 10.0. The standard InChI is InChI=1S/C17H19FN2O5.C3H8.C2H6/c18-10-14(21)13(9-16(23)24)19-15(22)8-11-6-7-20(17(11)25)12-4-2-1-3-5-12;1-3-2;1-2/h1-5,11,13H,6-10H2,(H,19,22)(H,23,24);3H2,1-2H3;1-2H3. The van der Waals surface area contributed by atoms with Crippen LogP contribution in [-0.2, 0) is 19.2 Å². The molecule has 2 amide bonds. The third-order valence-electron chi connectivity index (χ3n) is 4.05. The number of halogens is 1. The van der Waals surface area contributed by atoms with Crippen molar-refractivity contribution in [3.05, 3.63) is 30.3 Å². The molecule has 1 fully saturated rings. The molecule has 1 aliphatic rings. The average molecular weight is 425 g/mol. The molecule has 2 unspecified atom stereocenters. The van der Waals surface area contributed by atoms with E-state index in [1.54, 1.807) is 17.0 Å². The lowest BCUT2D eigenvalue weighted by molar-refractivity contribution is -0.140. The molecule has 8 heteroatoms. The van der Waals surface area contributed by atoms with Crippen molar-refractivity contribution < 1.29 is 28.7 Å². The fraction of sp³-hybridized carbons (Fsp3) is 0.545. The van der Waals surface area contributed by atoms with Crippen molar-refractivity contribution in [2.45, 2.75) is 59.4 Å². The summed E-state index contributed by atoms with van der Waals surface area (Å²) < 4.78 is 12.5. The third-order valence-corrected chi connectivity index (χ3v) is 4.05. The predicted octanol–water partition coefficient (Wildman–Crippen LogP) is 3.37. The zero-order valence-electron chi connectivity index (χ0n) is 18.2. The van der Waals surface area contributed by atoms with Crippen molar-refractivity contribution in [1.29, 1.82) is 0 Å². The highest BCUT2D eigenvalue weighted by molar-refractivity contribution is 6.00. The molecule has 0 radical (unpaired) electrons. The van der Waals surface area contributed by atoms with Crippen molar-refractivity contribution in [2.24, 2.45) is 5.92 Å². The monoisotopic (exact) mass is 424 g/mol.